The zero-order valence-electron chi connectivity index (χ0n) is 15.3. The first-order chi connectivity index (χ1) is 13.0. The zero-order chi connectivity index (χ0) is 19.0. The monoisotopic (exact) mass is 390 g/mol. The molecule has 27 heavy (non-hydrogen) atoms. The third kappa shape index (κ3) is 3.48. The van der Waals surface area contributed by atoms with Crippen LogP contribution in [0.15, 0.2) is 90.0 Å². The number of benzene rings is 3. The predicted octanol–water partition coefficient (Wildman–Crippen LogP) is 7.91. The second-order valence-corrected chi connectivity index (χ2v) is 8.01. The van der Waals surface area contributed by atoms with Crippen LogP contribution in [0.5, 0.6) is 0 Å². The SMILES string of the molecule is CC(C)=CC1=C(c2cc(Cl)cc(Cl)c2)c2ccccc2C1c1ccccc1. The second-order valence-electron chi connectivity index (χ2n) is 7.14. The van der Waals surface area contributed by atoms with E-state index in [1.54, 1.807) is 6.07 Å². The van der Waals surface area contributed by atoms with Gasteiger partial charge in [0.15, 0.2) is 0 Å². The average molecular weight is 391 g/mol. The summed E-state index contributed by atoms with van der Waals surface area (Å²) in [5.74, 6) is 0.199. The van der Waals surface area contributed by atoms with Crippen molar-refractivity contribution in [1.82, 2.24) is 0 Å². The van der Waals surface area contributed by atoms with Crippen molar-refractivity contribution >= 4 is 28.8 Å². The summed E-state index contributed by atoms with van der Waals surface area (Å²) in [6.07, 6.45) is 2.29. The fourth-order valence-corrected chi connectivity index (χ4v) is 4.46. The van der Waals surface area contributed by atoms with Gasteiger partial charge in [-0.15, -0.1) is 0 Å². The van der Waals surface area contributed by atoms with E-state index < -0.39 is 0 Å². The van der Waals surface area contributed by atoms with Gasteiger partial charge in [-0.1, -0.05) is 89.4 Å². The van der Waals surface area contributed by atoms with Gasteiger partial charge in [-0.05, 0) is 65.4 Å². The van der Waals surface area contributed by atoms with Crippen molar-refractivity contribution < 1.29 is 0 Å². The lowest BCUT2D eigenvalue weighted by Crippen LogP contribution is -2.00. The molecule has 134 valence electrons. The maximum atomic E-state index is 6.34. The van der Waals surface area contributed by atoms with Gasteiger partial charge in [-0.2, -0.15) is 0 Å². The van der Waals surface area contributed by atoms with Crippen LogP contribution in [0, 0.1) is 0 Å². The van der Waals surface area contributed by atoms with Gasteiger partial charge < -0.3 is 0 Å². The Bertz CT molecular complexity index is 1030. The van der Waals surface area contributed by atoms with Crippen molar-refractivity contribution in [3.05, 3.63) is 122 Å². The van der Waals surface area contributed by atoms with Crippen molar-refractivity contribution in [2.45, 2.75) is 19.8 Å². The van der Waals surface area contributed by atoms with Crippen molar-refractivity contribution in [3.8, 4) is 0 Å². The van der Waals surface area contributed by atoms with Crippen molar-refractivity contribution in [1.29, 1.82) is 0 Å². The molecular weight excluding hydrogens is 371 g/mol. The highest BCUT2D eigenvalue weighted by atomic mass is 35.5. The molecule has 0 bridgehead atoms. The lowest BCUT2D eigenvalue weighted by atomic mass is 9.87. The van der Waals surface area contributed by atoms with E-state index >= 15 is 0 Å². The van der Waals surface area contributed by atoms with Crippen LogP contribution >= 0.6 is 23.2 Å². The van der Waals surface area contributed by atoms with Gasteiger partial charge in [0.2, 0.25) is 0 Å². The largest absolute Gasteiger partial charge is 0.0843 e. The summed E-state index contributed by atoms with van der Waals surface area (Å²) in [6, 6.07) is 25.1. The maximum Gasteiger partial charge on any atom is 0.0426 e. The Hall–Kier alpha value is -2.28. The van der Waals surface area contributed by atoms with Gasteiger partial charge in [-0.25, -0.2) is 0 Å². The molecule has 0 amide bonds. The Morgan fingerprint density at radius 1 is 0.815 bits per heavy atom. The summed E-state index contributed by atoms with van der Waals surface area (Å²) in [6.45, 7) is 4.28. The number of fused-ring (bicyclic) bond motifs is 1. The minimum atomic E-state index is 0.199. The molecule has 0 saturated carbocycles. The third-order valence-electron chi connectivity index (χ3n) is 4.87. The van der Waals surface area contributed by atoms with E-state index in [1.165, 1.54) is 33.4 Å². The molecular formula is C25H20Cl2. The van der Waals surface area contributed by atoms with E-state index in [9.17, 15) is 0 Å². The van der Waals surface area contributed by atoms with Crippen molar-refractivity contribution in [2.24, 2.45) is 0 Å². The minimum Gasteiger partial charge on any atom is -0.0843 e. The first-order valence-electron chi connectivity index (χ1n) is 9.04. The molecule has 0 spiro atoms. The van der Waals surface area contributed by atoms with E-state index in [0.29, 0.717) is 10.0 Å². The fraction of sp³-hybridized carbons (Fsp3) is 0.120. The summed E-state index contributed by atoms with van der Waals surface area (Å²) >= 11 is 12.7. The molecule has 1 aliphatic rings. The molecule has 2 heteroatoms. The zero-order valence-corrected chi connectivity index (χ0v) is 16.9. The molecule has 0 N–H and O–H groups in total. The van der Waals surface area contributed by atoms with Gasteiger partial charge in [-0.3, -0.25) is 0 Å². The van der Waals surface area contributed by atoms with Crippen LogP contribution in [0.4, 0.5) is 0 Å². The van der Waals surface area contributed by atoms with Crippen molar-refractivity contribution in [3.63, 3.8) is 0 Å². The van der Waals surface area contributed by atoms with Gasteiger partial charge in [0.05, 0.1) is 0 Å². The van der Waals surface area contributed by atoms with Gasteiger partial charge in [0.1, 0.15) is 0 Å². The highest BCUT2D eigenvalue weighted by Crippen LogP contribution is 2.49. The normalized spacial score (nSPS) is 15.6. The molecule has 0 saturated heterocycles. The van der Waals surface area contributed by atoms with Crippen LogP contribution in [0.25, 0.3) is 5.57 Å². The number of allylic oxidation sites excluding steroid dienone is 3. The minimum absolute atomic E-state index is 0.199. The Morgan fingerprint density at radius 2 is 1.44 bits per heavy atom. The molecule has 0 aliphatic heterocycles. The fourth-order valence-electron chi connectivity index (χ4n) is 3.94. The smallest absolute Gasteiger partial charge is 0.0426 e. The summed E-state index contributed by atoms with van der Waals surface area (Å²) < 4.78 is 0. The molecule has 4 rings (SSSR count). The maximum absolute atomic E-state index is 6.34. The quantitative estimate of drug-likeness (QED) is 0.426. The predicted molar refractivity (Wildman–Crippen MR) is 117 cm³/mol. The summed E-state index contributed by atoms with van der Waals surface area (Å²) in [5, 5.41) is 1.31. The van der Waals surface area contributed by atoms with Crippen LogP contribution in [0.2, 0.25) is 10.0 Å². The number of hydrogen-bond donors (Lipinski definition) is 0. The molecule has 0 aromatic heterocycles. The van der Waals surface area contributed by atoms with Gasteiger partial charge in [0.25, 0.3) is 0 Å². The molecule has 0 heterocycles. The van der Waals surface area contributed by atoms with Crippen LogP contribution in [-0.4, -0.2) is 0 Å². The van der Waals surface area contributed by atoms with E-state index in [-0.39, 0.29) is 5.92 Å². The third-order valence-corrected chi connectivity index (χ3v) is 5.31. The molecule has 0 nitrogen and oxygen atoms in total. The number of hydrogen-bond acceptors (Lipinski definition) is 0. The van der Waals surface area contributed by atoms with Gasteiger partial charge in [0, 0.05) is 16.0 Å². The lowest BCUT2D eigenvalue weighted by molar-refractivity contribution is 1.00. The van der Waals surface area contributed by atoms with E-state index in [2.05, 4.69) is 74.5 Å². The molecule has 0 radical (unpaired) electrons. The van der Waals surface area contributed by atoms with E-state index in [4.69, 9.17) is 23.2 Å². The Kier molecular flexibility index (Phi) is 4.95. The highest BCUT2D eigenvalue weighted by molar-refractivity contribution is 6.35. The van der Waals surface area contributed by atoms with Crippen LogP contribution in [-0.2, 0) is 0 Å². The average Bonchev–Trinajstić information content (AvgIpc) is 2.94. The molecule has 1 unspecified atom stereocenters. The highest BCUT2D eigenvalue weighted by Gasteiger charge is 2.31. The number of halogens is 2. The van der Waals surface area contributed by atoms with Crippen LogP contribution in [0.1, 0.15) is 42.0 Å². The molecule has 1 atom stereocenters. The summed E-state index contributed by atoms with van der Waals surface area (Å²) in [4.78, 5) is 0. The molecule has 1 aliphatic carbocycles. The van der Waals surface area contributed by atoms with Crippen molar-refractivity contribution in [2.75, 3.05) is 0 Å². The number of rotatable bonds is 3. The first-order valence-corrected chi connectivity index (χ1v) is 9.80. The van der Waals surface area contributed by atoms with E-state index in [1.807, 2.05) is 12.1 Å². The van der Waals surface area contributed by atoms with Gasteiger partial charge >= 0.3 is 0 Å². The van der Waals surface area contributed by atoms with Crippen LogP contribution < -0.4 is 0 Å². The summed E-state index contributed by atoms with van der Waals surface area (Å²) in [7, 11) is 0. The Labute approximate surface area is 170 Å². The second kappa shape index (κ2) is 7.38. The lowest BCUT2D eigenvalue weighted by Gasteiger charge is -2.16. The topological polar surface area (TPSA) is 0 Å². The van der Waals surface area contributed by atoms with Crippen LogP contribution in [0.3, 0.4) is 0 Å². The molecule has 3 aromatic rings. The molecule has 3 aromatic carbocycles. The Balaban J connectivity index is 2.05. The summed E-state index contributed by atoms with van der Waals surface area (Å²) in [5.41, 5.74) is 8.70. The first kappa shape index (κ1) is 18.1. The standard InChI is InChI=1S/C25H20Cl2/c1-16(2)12-23-24(17-8-4-3-5-9-17)21-10-6-7-11-22(21)25(23)18-13-19(26)15-20(27)14-18/h3-15,24H,1-2H3. The van der Waals surface area contributed by atoms with E-state index in [0.717, 1.165) is 5.56 Å². The molecule has 0 fully saturated rings. The Morgan fingerprint density at radius 3 is 2.11 bits per heavy atom.